The van der Waals surface area contributed by atoms with Gasteiger partial charge in [-0.1, -0.05) is 6.92 Å². The van der Waals surface area contributed by atoms with Crippen LogP contribution in [0.15, 0.2) is 5.38 Å². The largest absolute Gasteiger partial charge is 0.309 e. The Hall–Kier alpha value is -0.410. The molecule has 13 heavy (non-hydrogen) atoms. The van der Waals surface area contributed by atoms with Crippen molar-refractivity contribution < 1.29 is 0 Å². The van der Waals surface area contributed by atoms with Gasteiger partial charge in [0.1, 0.15) is 0 Å². The van der Waals surface area contributed by atoms with E-state index in [0.29, 0.717) is 6.04 Å². The first-order valence-electron chi connectivity index (χ1n) is 5.08. The highest BCUT2D eigenvalue weighted by Crippen LogP contribution is 2.24. The summed E-state index contributed by atoms with van der Waals surface area (Å²) < 4.78 is 0. The molecule has 0 spiro atoms. The molecule has 0 radical (unpaired) electrons. The summed E-state index contributed by atoms with van der Waals surface area (Å²) in [5.41, 5.74) is 1.27. The predicted octanol–water partition coefficient (Wildman–Crippen LogP) is 2.52. The van der Waals surface area contributed by atoms with Gasteiger partial charge in [0.2, 0.25) is 0 Å². The summed E-state index contributed by atoms with van der Waals surface area (Å²) in [4.78, 5) is 4.64. The van der Waals surface area contributed by atoms with E-state index in [9.17, 15) is 0 Å². The van der Waals surface area contributed by atoms with Gasteiger partial charge in [0.15, 0.2) is 0 Å². The summed E-state index contributed by atoms with van der Waals surface area (Å²) in [5, 5.41) is 6.99. The molecule has 72 valence electrons. The third-order valence-electron chi connectivity index (χ3n) is 2.45. The minimum Gasteiger partial charge on any atom is -0.309 e. The van der Waals surface area contributed by atoms with Crippen molar-refractivity contribution in [3.8, 4) is 0 Å². The molecule has 0 aromatic carbocycles. The van der Waals surface area contributed by atoms with Gasteiger partial charge in [-0.2, -0.15) is 0 Å². The molecule has 1 atom stereocenters. The van der Waals surface area contributed by atoms with E-state index in [1.54, 1.807) is 0 Å². The summed E-state index contributed by atoms with van der Waals surface area (Å²) in [7, 11) is 0. The lowest BCUT2D eigenvalue weighted by atomic mass is 10.2. The second-order valence-corrected chi connectivity index (χ2v) is 4.51. The highest BCUT2D eigenvalue weighted by molar-refractivity contribution is 7.09. The molecule has 0 amide bonds. The van der Waals surface area contributed by atoms with Crippen molar-refractivity contribution in [3.05, 3.63) is 16.1 Å². The smallest absolute Gasteiger partial charge is 0.0928 e. The van der Waals surface area contributed by atoms with Crippen molar-refractivity contribution >= 4 is 11.3 Å². The monoisotopic (exact) mass is 196 g/mol. The van der Waals surface area contributed by atoms with Gasteiger partial charge in [0.05, 0.1) is 16.7 Å². The van der Waals surface area contributed by atoms with Crippen LogP contribution in [-0.4, -0.2) is 11.5 Å². The predicted molar refractivity (Wildman–Crippen MR) is 56.1 cm³/mol. The van der Waals surface area contributed by atoms with Gasteiger partial charge < -0.3 is 5.32 Å². The quantitative estimate of drug-likeness (QED) is 0.803. The maximum atomic E-state index is 4.64. The van der Waals surface area contributed by atoms with Gasteiger partial charge in [-0.05, 0) is 32.2 Å². The number of rotatable bonds is 3. The molecule has 1 aliphatic heterocycles. The average Bonchev–Trinajstić information content (AvgIpc) is 2.70. The third-order valence-corrected chi connectivity index (χ3v) is 3.38. The van der Waals surface area contributed by atoms with Crippen molar-refractivity contribution in [2.75, 3.05) is 6.54 Å². The summed E-state index contributed by atoms with van der Waals surface area (Å²) in [6.07, 6.45) is 4.89. The van der Waals surface area contributed by atoms with Crippen LogP contribution in [0.1, 0.15) is 42.9 Å². The highest BCUT2D eigenvalue weighted by Gasteiger charge is 2.18. The Morgan fingerprint density at radius 3 is 3.31 bits per heavy atom. The summed E-state index contributed by atoms with van der Waals surface area (Å²) in [6, 6.07) is 0.543. The van der Waals surface area contributed by atoms with E-state index in [-0.39, 0.29) is 0 Å². The van der Waals surface area contributed by atoms with Crippen LogP contribution in [0.2, 0.25) is 0 Å². The first-order chi connectivity index (χ1) is 6.40. The van der Waals surface area contributed by atoms with E-state index >= 15 is 0 Å². The normalized spacial score (nSPS) is 22.4. The lowest BCUT2D eigenvalue weighted by Gasteiger charge is -2.04. The van der Waals surface area contributed by atoms with Crippen LogP contribution in [0.5, 0.6) is 0 Å². The Morgan fingerprint density at radius 2 is 2.62 bits per heavy atom. The van der Waals surface area contributed by atoms with E-state index in [4.69, 9.17) is 0 Å². The molecule has 1 aromatic rings. The number of thiazole rings is 1. The van der Waals surface area contributed by atoms with Gasteiger partial charge >= 0.3 is 0 Å². The van der Waals surface area contributed by atoms with E-state index < -0.39 is 0 Å². The van der Waals surface area contributed by atoms with E-state index in [0.717, 1.165) is 13.0 Å². The van der Waals surface area contributed by atoms with Crippen LogP contribution in [-0.2, 0) is 6.42 Å². The van der Waals surface area contributed by atoms with Crippen LogP contribution in [0.4, 0.5) is 0 Å². The zero-order valence-electron chi connectivity index (χ0n) is 8.05. The molecule has 1 aliphatic rings. The number of aromatic nitrogens is 1. The fraction of sp³-hybridized carbons (Fsp3) is 0.700. The number of hydrogen-bond donors (Lipinski definition) is 1. The molecule has 1 saturated heterocycles. The average molecular weight is 196 g/mol. The third kappa shape index (κ3) is 2.09. The van der Waals surface area contributed by atoms with E-state index in [1.165, 1.54) is 30.0 Å². The Labute approximate surface area is 83.4 Å². The molecule has 2 heterocycles. The van der Waals surface area contributed by atoms with Crippen molar-refractivity contribution in [1.82, 2.24) is 10.3 Å². The molecule has 2 nitrogen and oxygen atoms in total. The lowest BCUT2D eigenvalue weighted by Crippen LogP contribution is -2.13. The molecular weight excluding hydrogens is 180 g/mol. The second-order valence-electron chi connectivity index (χ2n) is 3.57. The minimum atomic E-state index is 0.543. The van der Waals surface area contributed by atoms with Crippen LogP contribution in [0.25, 0.3) is 0 Å². The maximum Gasteiger partial charge on any atom is 0.0928 e. The van der Waals surface area contributed by atoms with E-state index in [1.807, 2.05) is 11.3 Å². The second kappa shape index (κ2) is 4.20. The number of nitrogens with one attached hydrogen (secondary N) is 1. The molecule has 1 fully saturated rings. The molecule has 0 aliphatic carbocycles. The van der Waals surface area contributed by atoms with Crippen molar-refractivity contribution in [2.45, 2.75) is 38.6 Å². The van der Waals surface area contributed by atoms with Gasteiger partial charge in [0.25, 0.3) is 0 Å². The molecule has 1 aromatic heterocycles. The standard InChI is InChI=1S/C10H16N2S/c1-2-4-10-12-9(7-13-10)8-5-3-6-11-8/h7-8,11H,2-6H2,1H3/t8-/m1/s1. The number of aryl methyl sites for hydroxylation is 1. The minimum absolute atomic E-state index is 0.543. The Bertz CT molecular complexity index is 264. The molecule has 3 heteroatoms. The van der Waals surface area contributed by atoms with Crippen molar-refractivity contribution in [2.24, 2.45) is 0 Å². The van der Waals surface area contributed by atoms with Gasteiger partial charge in [-0.15, -0.1) is 11.3 Å². The van der Waals surface area contributed by atoms with Crippen LogP contribution >= 0.6 is 11.3 Å². The topological polar surface area (TPSA) is 24.9 Å². The lowest BCUT2D eigenvalue weighted by molar-refractivity contribution is 0.629. The van der Waals surface area contributed by atoms with E-state index in [2.05, 4.69) is 22.6 Å². The molecule has 0 unspecified atom stereocenters. The zero-order valence-corrected chi connectivity index (χ0v) is 8.86. The van der Waals surface area contributed by atoms with Crippen molar-refractivity contribution in [3.63, 3.8) is 0 Å². The Kier molecular flexibility index (Phi) is 2.96. The van der Waals surface area contributed by atoms with Crippen molar-refractivity contribution in [1.29, 1.82) is 0 Å². The van der Waals surface area contributed by atoms with Crippen LogP contribution in [0, 0.1) is 0 Å². The number of nitrogens with zero attached hydrogens (tertiary/aromatic N) is 1. The van der Waals surface area contributed by atoms with Crippen LogP contribution < -0.4 is 5.32 Å². The fourth-order valence-electron chi connectivity index (χ4n) is 1.75. The molecule has 0 saturated carbocycles. The Morgan fingerprint density at radius 1 is 1.69 bits per heavy atom. The maximum absolute atomic E-state index is 4.64. The molecule has 0 bridgehead atoms. The highest BCUT2D eigenvalue weighted by atomic mass is 32.1. The van der Waals surface area contributed by atoms with Gasteiger partial charge in [0, 0.05) is 5.38 Å². The van der Waals surface area contributed by atoms with Gasteiger partial charge in [-0.3, -0.25) is 0 Å². The summed E-state index contributed by atoms with van der Waals surface area (Å²) in [5.74, 6) is 0. The van der Waals surface area contributed by atoms with Crippen LogP contribution in [0.3, 0.4) is 0 Å². The Balaban J connectivity index is 2.03. The fourth-order valence-corrected chi connectivity index (χ4v) is 2.70. The first-order valence-corrected chi connectivity index (χ1v) is 5.96. The molecule has 1 N–H and O–H groups in total. The first kappa shape index (κ1) is 9.16. The SMILES string of the molecule is CCCc1nc([C@H]2CCCN2)cs1. The zero-order chi connectivity index (χ0) is 9.10. The summed E-state index contributed by atoms with van der Waals surface area (Å²) >= 11 is 1.81. The molecule has 2 rings (SSSR count). The summed E-state index contributed by atoms with van der Waals surface area (Å²) in [6.45, 7) is 3.36. The van der Waals surface area contributed by atoms with Gasteiger partial charge in [-0.25, -0.2) is 4.98 Å². The number of hydrogen-bond acceptors (Lipinski definition) is 3. The molecular formula is C10H16N2S.